The van der Waals surface area contributed by atoms with Crippen LogP contribution in [0.4, 0.5) is 0 Å². The summed E-state index contributed by atoms with van der Waals surface area (Å²) in [6, 6.07) is 17.7. The lowest BCUT2D eigenvalue weighted by Crippen LogP contribution is -2.23. The molecule has 0 aliphatic carbocycles. The van der Waals surface area contributed by atoms with Crippen molar-refractivity contribution in [3.05, 3.63) is 65.7 Å². The number of hydrogen-bond acceptors (Lipinski definition) is 3. The normalized spacial score (nSPS) is 17.1. The lowest BCUT2D eigenvalue weighted by atomic mass is 10.2. The fourth-order valence-corrected chi connectivity index (χ4v) is 3.73. The lowest BCUT2D eigenvalue weighted by molar-refractivity contribution is 0.0948. The Hall–Kier alpha value is -1.78. The average Bonchev–Trinajstić information content (AvgIpc) is 3.12. The number of benzene rings is 2. The lowest BCUT2D eigenvalue weighted by Gasteiger charge is -2.12. The first kappa shape index (κ1) is 16.1. The van der Waals surface area contributed by atoms with Gasteiger partial charge in [0.25, 0.3) is 5.91 Å². The number of hydrogen-bond donors (Lipinski definition) is 1. The molecular formula is C19H21NO2S. The molecule has 0 saturated carbocycles. The average molecular weight is 327 g/mol. The Bertz CT molecular complexity index is 639. The van der Waals surface area contributed by atoms with Crippen molar-refractivity contribution in [1.29, 1.82) is 0 Å². The summed E-state index contributed by atoms with van der Waals surface area (Å²) in [5.74, 6) is 0.882. The van der Waals surface area contributed by atoms with Gasteiger partial charge >= 0.3 is 0 Å². The molecular weight excluding hydrogens is 306 g/mol. The van der Waals surface area contributed by atoms with Crippen molar-refractivity contribution in [3.63, 3.8) is 0 Å². The maximum absolute atomic E-state index is 12.5. The maximum Gasteiger partial charge on any atom is 0.252 e. The minimum atomic E-state index is -0.0238. The van der Waals surface area contributed by atoms with Gasteiger partial charge in [-0.3, -0.25) is 4.79 Å². The molecule has 1 fully saturated rings. The molecule has 1 saturated heterocycles. The molecule has 1 atom stereocenters. The summed E-state index contributed by atoms with van der Waals surface area (Å²) in [6.45, 7) is 1.41. The van der Waals surface area contributed by atoms with Gasteiger partial charge in [0, 0.05) is 23.8 Å². The van der Waals surface area contributed by atoms with Crippen molar-refractivity contribution in [2.24, 2.45) is 0 Å². The summed E-state index contributed by atoms with van der Waals surface area (Å²) in [5, 5.41) is 3.00. The van der Waals surface area contributed by atoms with Crippen LogP contribution in [-0.2, 0) is 11.3 Å². The Balaban J connectivity index is 1.60. The second-order valence-corrected chi connectivity index (χ2v) is 6.67. The van der Waals surface area contributed by atoms with Gasteiger partial charge in [-0.2, -0.15) is 0 Å². The van der Waals surface area contributed by atoms with Crippen LogP contribution in [0.3, 0.4) is 0 Å². The van der Waals surface area contributed by atoms with Gasteiger partial charge in [0.2, 0.25) is 0 Å². The molecule has 3 nitrogen and oxygen atoms in total. The molecule has 3 rings (SSSR count). The number of carbonyl (C=O) groups is 1. The van der Waals surface area contributed by atoms with E-state index in [1.54, 1.807) is 11.8 Å². The van der Waals surface area contributed by atoms with Crippen LogP contribution in [0.15, 0.2) is 59.5 Å². The highest BCUT2D eigenvalue weighted by Gasteiger charge is 2.17. The van der Waals surface area contributed by atoms with Gasteiger partial charge in [-0.1, -0.05) is 42.5 Å². The number of thioether (sulfide) groups is 1. The van der Waals surface area contributed by atoms with E-state index in [1.807, 2.05) is 54.6 Å². The summed E-state index contributed by atoms with van der Waals surface area (Å²) in [4.78, 5) is 13.5. The van der Waals surface area contributed by atoms with Crippen molar-refractivity contribution < 1.29 is 9.53 Å². The first-order valence-corrected chi connectivity index (χ1v) is 8.97. The van der Waals surface area contributed by atoms with Crippen LogP contribution in [0, 0.1) is 0 Å². The molecule has 0 aromatic heterocycles. The van der Waals surface area contributed by atoms with Crippen LogP contribution in [0.1, 0.15) is 28.8 Å². The van der Waals surface area contributed by atoms with E-state index < -0.39 is 0 Å². The van der Waals surface area contributed by atoms with E-state index in [2.05, 4.69) is 5.32 Å². The summed E-state index contributed by atoms with van der Waals surface area (Å²) in [7, 11) is 0. The zero-order valence-corrected chi connectivity index (χ0v) is 13.9. The fraction of sp³-hybridized carbons (Fsp3) is 0.316. The molecule has 1 amide bonds. The molecule has 1 N–H and O–H groups in total. The Kier molecular flexibility index (Phi) is 5.72. The first-order chi connectivity index (χ1) is 11.3. The third kappa shape index (κ3) is 4.60. The third-order valence-corrected chi connectivity index (χ3v) is 5.08. The standard InChI is InChI=1S/C19H21NO2S/c21-19(20-13-15-7-2-1-3-8-15)17-10-4-5-11-18(17)23-14-16-9-6-12-22-16/h1-5,7-8,10-11,16H,6,9,12-14H2,(H,20,21)/t16-/m1/s1. The second kappa shape index (κ2) is 8.18. The predicted molar refractivity (Wildman–Crippen MR) is 93.8 cm³/mol. The van der Waals surface area contributed by atoms with E-state index in [9.17, 15) is 4.79 Å². The van der Waals surface area contributed by atoms with Gasteiger partial charge in [-0.05, 0) is 30.5 Å². The monoisotopic (exact) mass is 327 g/mol. The molecule has 0 radical (unpaired) electrons. The van der Waals surface area contributed by atoms with Crippen LogP contribution < -0.4 is 5.32 Å². The number of nitrogens with one attached hydrogen (secondary N) is 1. The Morgan fingerprint density at radius 1 is 1.13 bits per heavy atom. The van der Waals surface area contributed by atoms with Gasteiger partial charge < -0.3 is 10.1 Å². The highest BCUT2D eigenvalue weighted by atomic mass is 32.2. The first-order valence-electron chi connectivity index (χ1n) is 7.98. The van der Waals surface area contributed by atoms with E-state index in [0.29, 0.717) is 12.6 Å². The topological polar surface area (TPSA) is 38.3 Å². The van der Waals surface area contributed by atoms with Crippen molar-refractivity contribution in [1.82, 2.24) is 5.32 Å². The van der Waals surface area contributed by atoms with Crippen LogP contribution in [0.5, 0.6) is 0 Å². The molecule has 1 aliphatic heterocycles. The van der Waals surface area contributed by atoms with Crippen LogP contribution in [0.25, 0.3) is 0 Å². The SMILES string of the molecule is O=C(NCc1ccccc1)c1ccccc1SC[C@H]1CCCO1. The Morgan fingerprint density at radius 2 is 1.91 bits per heavy atom. The van der Waals surface area contributed by atoms with E-state index in [-0.39, 0.29) is 5.91 Å². The molecule has 2 aromatic rings. The summed E-state index contributed by atoms with van der Waals surface area (Å²) in [5.41, 5.74) is 1.84. The highest BCUT2D eigenvalue weighted by molar-refractivity contribution is 7.99. The van der Waals surface area contributed by atoms with Gasteiger partial charge in [-0.15, -0.1) is 11.8 Å². The van der Waals surface area contributed by atoms with Crippen LogP contribution in [0.2, 0.25) is 0 Å². The van der Waals surface area contributed by atoms with Crippen molar-refractivity contribution >= 4 is 17.7 Å². The molecule has 0 unspecified atom stereocenters. The summed E-state index contributed by atoms with van der Waals surface area (Å²) in [6.07, 6.45) is 2.58. The number of carbonyl (C=O) groups excluding carboxylic acids is 1. The molecule has 4 heteroatoms. The molecule has 2 aromatic carbocycles. The summed E-state index contributed by atoms with van der Waals surface area (Å²) >= 11 is 1.71. The Morgan fingerprint density at radius 3 is 2.70 bits per heavy atom. The number of ether oxygens (including phenoxy) is 1. The van der Waals surface area contributed by atoms with E-state index in [1.165, 1.54) is 0 Å². The second-order valence-electron chi connectivity index (χ2n) is 5.61. The van der Waals surface area contributed by atoms with Crippen molar-refractivity contribution in [2.45, 2.75) is 30.4 Å². The molecule has 1 aliphatic rings. The third-order valence-electron chi connectivity index (χ3n) is 3.88. The zero-order valence-electron chi connectivity index (χ0n) is 13.0. The fourth-order valence-electron chi connectivity index (χ4n) is 2.61. The number of amides is 1. The predicted octanol–water partition coefficient (Wildman–Crippen LogP) is 3.89. The molecule has 0 bridgehead atoms. The zero-order chi connectivity index (χ0) is 15.9. The van der Waals surface area contributed by atoms with Crippen molar-refractivity contribution in [3.8, 4) is 0 Å². The van der Waals surface area contributed by atoms with Crippen LogP contribution in [-0.4, -0.2) is 24.4 Å². The van der Waals surface area contributed by atoms with Gasteiger partial charge in [-0.25, -0.2) is 0 Å². The molecule has 120 valence electrons. The molecule has 1 heterocycles. The van der Waals surface area contributed by atoms with Gasteiger partial charge in [0.1, 0.15) is 0 Å². The minimum Gasteiger partial charge on any atom is -0.377 e. The molecule has 0 spiro atoms. The summed E-state index contributed by atoms with van der Waals surface area (Å²) < 4.78 is 5.66. The maximum atomic E-state index is 12.5. The molecule has 23 heavy (non-hydrogen) atoms. The van der Waals surface area contributed by atoms with E-state index >= 15 is 0 Å². The number of rotatable bonds is 6. The van der Waals surface area contributed by atoms with Gasteiger partial charge in [0.15, 0.2) is 0 Å². The Labute approximate surface area is 141 Å². The highest BCUT2D eigenvalue weighted by Crippen LogP contribution is 2.26. The van der Waals surface area contributed by atoms with Crippen molar-refractivity contribution in [2.75, 3.05) is 12.4 Å². The van der Waals surface area contributed by atoms with Gasteiger partial charge in [0.05, 0.1) is 11.7 Å². The largest absolute Gasteiger partial charge is 0.377 e. The minimum absolute atomic E-state index is 0.0238. The van der Waals surface area contributed by atoms with Crippen LogP contribution >= 0.6 is 11.8 Å². The van der Waals surface area contributed by atoms with E-state index in [0.717, 1.165) is 41.2 Å². The smallest absolute Gasteiger partial charge is 0.252 e. The van der Waals surface area contributed by atoms with E-state index in [4.69, 9.17) is 4.74 Å². The quantitative estimate of drug-likeness (QED) is 0.818.